The average molecular weight is 439 g/mol. The van der Waals surface area contributed by atoms with Crippen LogP contribution in [0.1, 0.15) is 36.7 Å². The molecule has 3 N–H and O–H groups in total. The number of hydrogen-bond donors (Lipinski definition) is 3. The molecule has 0 spiro atoms. The van der Waals surface area contributed by atoms with E-state index in [-0.39, 0.29) is 12.0 Å². The second kappa shape index (κ2) is 9.64. The van der Waals surface area contributed by atoms with Gasteiger partial charge in [-0.25, -0.2) is 9.18 Å². The monoisotopic (exact) mass is 439 g/mol. The molecule has 0 bridgehead atoms. The number of nitrogens with one attached hydrogen (secondary N) is 3. The molecule has 0 aliphatic rings. The van der Waals surface area contributed by atoms with Gasteiger partial charge in [0.05, 0.1) is 0 Å². The number of aromatic nitrogens is 1. The lowest BCUT2D eigenvalue weighted by Gasteiger charge is -2.21. The third-order valence-electron chi connectivity index (χ3n) is 4.66. The van der Waals surface area contributed by atoms with Gasteiger partial charge in [0.2, 0.25) is 0 Å². The standard InChI is InChI=1S/C24H26FN3O4/c1-24(2,3)28-21(29)14-32-23(31)20(27-22(30)15-8-10-17(25)11-9-15)12-16-13-26-19-7-5-4-6-18(16)19/h4-11,13,20,26H,12,14H2,1-3H3,(H,27,30)(H,28,29)/t20-/m1/s1. The van der Waals surface area contributed by atoms with Crippen LogP contribution in [0.3, 0.4) is 0 Å². The van der Waals surface area contributed by atoms with E-state index < -0.39 is 41.8 Å². The van der Waals surface area contributed by atoms with Gasteiger partial charge in [-0.1, -0.05) is 18.2 Å². The van der Waals surface area contributed by atoms with Gasteiger partial charge in [-0.05, 0) is 56.7 Å². The minimum absolute atomic E-state index is 0.149. The van der Waals surface area contributed by atoms with Gasteiger partial charge in [0.25, 0.3) is 11.8 Å². The fourth-order valence-electron chi connectivity index (χ4n) is 3.25. The van der Waals surface area contributed by atoms with Gasteiger partial charge in [-0.3, -0.25) is 9.59 Å². The largest absolute Gasteiger partial charge is 0.454 e. The van der Waals surface area contributed by atoms with Crippen LogP contribution in [0.5, 0.6) is 0 Å². The minimum Gasteiger partial charge on any atom is -0.454 e. The van der Waals surface area contributed by atoms with Gasteiger partial charge in [0.15, 0.2) is 6.61 Å². The predicted molar refractivity (Wildman–Crippen MR) is 119 cm³/mol. The molecule has 168 valence electrons. The summed E-state index contributed by atoms with van der Waals surface area (Å²) in [5.74, 6) is -2.21. The van der Waals surface area contributed by atoms with Crippen molar-refractivity contribution in [2.45, 2.75) is 38.8 Å². The molecule has 0 fully saturated rings. The van der Waals surface area contributed by atoms with E-state index in [1.165, 1.54) is 24.3 Å². The number of esters is 1. The molecule has 0 saturated heterocycles. The van der Waals surface area contributed by atoms with E-state index in [4.69, 9.17) is 4.74 Å². The maximum Gasteiger partial charge on any atom is 0.329 e. The lowest BCUT2D eigenvalue weighted by atomic mass is 10.0. The van der Waals surface area contributed by atoms with Crippen molar-refractivity contribution >= 4 is 28.7 Å². The van der Waals surface area contributed by atoms with E-state index >= 15 is 0 Å². The summed E-state index contributed by atoms with van der Waals surface area (Å²) >= 11 is 0. The highest BCUT2D eigenvalue weighted by Gasteiger charge is 2.26. The van der Waals surface area contributed by atoms with Gasteiger partial charge in [0, 0.05) is 34.6 Å². The Bertz CT molecular complexity index is 1120. The Kier molecular flexibility index (Phi) is 6.92. The van der Waals surface area contributed by atoms with Crippen LogP contribution in [0.25, 0.3) is 10.9 Å². The average Bonchev–Trinajstić information content (AvgIpc) is 3.13. The SMILES string of the molecule is CC(C)(C)NC(=O)COC(=O)[C@@H](Cc1c[nH]c2ccccc12)NC(=O)c1ccc(F)cc1. The van der Waals surface area contributed by atoms with E-state index in [0.29, 0.717) is 0 Å². The molecule has 3 rings (SSSR count). The van der Waals surface area contributed by atoms with Gasteiger partial charge < -0.3 is 20.4 Å². The van der Waals surface area contributed by atoms with Crippen LogP contribution in [0, 0.1) is 5.82 Å². The normalized spacial score (nSPS) is 12.2. The molecular weight excluding hydrogens is 413 g/mol. The Balaban J connectivity index is 1.76. The first-order chi connectivity index (χ1) is 15.1. The second-order valence-electron chi connectivity index (χ2n) is 8.50. The highest BCUT2D eigenvalue weighted by Crippen LogP contribution is 2.19. The molecule has 0 radical (unpaired) electrons. The first kappa shape index (κ1) is 23.0. The van der Waals surface area contributed by atoms with Crippen molar-refractivity contribution in [2.75, 3.05) is 6.61 Å². The number of halogens is 1. The predicted octanol–water partition coefficient (Wildman–Crippen LogP) is 3.11. The first-order valence-electron chi connectivity index (χ1n) is 10.2. The number of hydrogen-bond acceptors (Lipinski definition) is 4. The molecule has 2 aromatic carbocycles. The topological polar surface area (TPSA) is 100 Å². The zero-order chi connectivity index (χ0) is 23.3. The maximum atomic E-state index is 13.2. The van der Waals surface area contributed by atoms with Crippen LogP contribution in [0.4, 0.5) is 4.39 Å². The number of carbonyl (C=O) groups is 3. The van der Waals surface area contributed by atoms with Crippen LogP contribution in [-0.4, -0.2) is 41.0 Å². The minimum atomic E-state index is -1.05. The molecule has 1 heterocycles. The summed E-state index contributed by atoms with van der Waals surface area (Å²) in [5, 5.41) is 6.27. The molecule has 7 nitrogen and oxygen atoms in total. The van der Waals surface area contributed by atoms with Crippen molar-refractivity contribution in [1.29, 1.82) is 0 Å². The Labute approximate surface area is 185 Å². The van der Waals surface area contributed by atoms with Gasteiger partial charge in [-0.2, -0.15) is 0 Å². The highest BCUT2D eigenvalue weighted by atomic mass is 19.1. The number of para-hydroxylation sites is 1. The summed E-state index contributed by atoms with van der Waals surface area (Å²) in [5.41, 5.74) is 1.43. The first-order valence-corrected chi connectivity index (χ1v) is 10.2. The van der Waals surface area contributed by atoms with Crippen molar-refractivity contribution in [3.63, 3.8) is 0 Å². The number of rotatable bonds is 7. The molecule has 8 heteroatoms. The highest BCUT2D eigenvalue weighted by molar-refractivity contribution is 5.97. The zero-order valence-electron chi connectivity index (χ0n) is 18.2. The lowest BCUT2D eigenvalue weighted by molar-refractivity contribution is -0.150. The van der Waals surface area contributed by atoms with Crippen LogP contribution in [0.15, 0.2) is 54.7 Å². The number of H-pyrrole nitrogens is 1. The zero-order valence-corrected chi connectivity index (χ0v) is 18.2. The smallest absolute Gasteiger partial charge is 0.329 e. The molecule has 1 aromatic heterocycles. The van der Waals surface area contributed by atoms with Crippen molar-refractivity contribution < 1.29 is 23.5 Å². The molecule has 0 aliphatic carbocycles. The van der Waals surface area contributed by atoms with Crippen molar-refractivity contribution in [2.24, 2.45) is 0 Å². The summed E-state index contributed by atoms with van der Waals surface area (Å²) < 4.78 is 18.4. The number of carbonyl (C=O) groups excluding carboxylic acids is 3. The van der Waals surface area contributed by atoms with Crippen molar-refractivity contribution in [3.8, 4) is 0 Å². The van der Waals surface area contributed by atoms with Crippen molar-refractivity contribution in [3.05, 3.63) is 71.7 Å². The number of benzene rings is 2. The third-order valence-corrected chi connectivity index (χ3v) is 4.66. The molecule has 0 saturated carbocycles. The van der Waals surface area contributed by atoms with Gasteiger partial charge >= 0.3 is 5.97 Å². The van der Waals surface area contributed by atoms with E-state index in [9.17, 15) is 18.8 Å². The second-order valence-corrected chi connectivity index (χ2v) is 8.50. The lowest BCUT2D eigenvalue weighted by Crippen LogP contribution is -2.46. The quantitative estimate of drug-likeness (QED) is 0.493. The molecule has 1 atom stereocenters. The third kappa shape index (κ3) is 6.16. The summed E-state index contributed by atoms with van der Waals surface area (Å²) in [7, 11) is 0. The van der Waals surface area contributed by atoms with Crippen LogP contribution in [0.2, 0.25) is 0 Å². The maximum absolute atomic E-state index is 13.2. The number of aromatic amines is 1. The summed E-state index contributed by atoms with van der Waals surface area (Å²) in [6.07, 6.45) is 1.91. The van der Waals surface area contributed by atoms with Crippen LogP contribution in [-0.2, 0) is 20.7 Å². The van der Waals surface area contributed by atoms with Gasteiger partial charge in [0.1, 0.15) is 11.9 Å². The van der Waals surface area contributed by atoms with Crippen molar-refractivity contribution in [1.82, 2.24) is 15.6 Å². The van der Waals surface area contributed by atoms with E-state index in [0.717, 1.165) is 16.5 Å². The summed E-state index contributed by atoms with van der Waals surface area (Å²) in [6.45, 7) is 4.98. The van der Waals surface area contributed by atoms with Crippen LogP contribution >= 0.6 is 0 Å². The molecule has 0 unspecified atom stereocenters. The summed E-state index contributed by atoms with van der Waals surface area (Å²) in [6, 6.07) is 11.5. The van der Waals surface area contributed by atoms with E-state index in [1.54, 1.807) is 6.20 Å². The van der Waals surface area contributed by atoms with Gasteiger partial charge in [-0.15, -0.1) is 0 Å². The Morgan fingerprint density at radius 3 is 2.44 bits per heavy atom. The molecule has 0 aliphatic heterocycles. The Morgan fingerprint density at radius 2 is 1.75 bits per heavy atom. The molecule has 32 heavy (non-hydrogen) atoms. The van der Waals surface area contributed by atoms with E-state index in [1.807, 2.05) is 45.0 Å². The summed E-state index contributed by atoms with van der Waals surface area (Å²) in [4.78, 5) is 40.6. The number of amides is 2. The Hall–Kier alpha value is -3.68. The molecular formula is C24H26FN3O4. The fraction of sp³-hybridized carbons (Fsp3) is 0.292. The Morgan fingerprint density at radius 1 is 1.06 bits per heavy atom. The van der Waals surface area contributed by atoms with E-state index in [2.05, 4.69) is 15.6 Å². The molecule has 3 aromatic rings. The number of fused-ring (bicyclic) bond motifs is 1. The van der Waals surface area contributed by atoms with Crippen LogP contribution < -0.4 is 10.6 Å². The fourth-order valence-corrected chi connectivity index (χ4v) is 3.25. The number of ether oxygens (including phenoxy) is 1. The molecule has 2 amide bonds.